The van der Waals surface area contributed by atoms with Gasteiger partial charge in [0.05, 0.1) is 11.9 Å². The van der Waals surface area contributed by atoms with E-state index in [0.29, 0.717) is 0 Å². The molecule has 0 spiro atoms. The van der Waals surface area contributed by atoms with Crippen LogP contribution >= 0.6 is 0 Å². The van der Waals surface area contributed by atoms with Gasteiger partial charge in [-0.3, -0.25) is 9.97 Å². The third kappa shape index (κ3) is 1.96. The first-order valence-corrected chi connectivity index (χ1v) is 3.71. The summed E-state index contributed by atoms with van der Waals surface area (Å²) in [5.41, 5.74) is 0.471. The zero-order chi connectivity index (χ0) is 9.14. The molecule has 0 atom stereocenters. The number of hydrogen-bond acceptors (Lipinski definition) is 2. The molecule has 0 bridgehead atoms. The summed E-state index contributed by atoms with van der Waals surface area (Å²) in [4.78, 5) is 7.44. The van der Waals surface area contributed by atoms with Crippen molar-refractivity contribution >= 4 is 0 Å². The minimum atomic E-state index is -2.53. The van der Waals surface area contributed by atoms with E-state index >= 15 is 0 Å². The quantitative estimate of drug-likeness (QED) is 0.685. The first kappa shape index (κ1) is 9.03. The molecule has 0 saturated heterocycles. The Morgan fingerprint density at radius 3 is 1.92 bits per heavy atom. The molecule has 0 radical (unpaired) electrons. The van der Waals surface area contributed by atoms with Gasteiger partial charge in [-0.1, -0.05) is 13.8 Å². The third-order valence-electron chi connectivity index (χ3n) is 1.51. The molecule has 0 saturated carbocycles. The molecular formula is C8H10F2N2. The Kier molecular flexibility index (Phi) is 2.68. The molecule has 0 amide bonds. The highest BCUT2D eigenvalue weighted by Gasteiger charge is 2.09. The van der Waals surface area contributed by atoms with Crippen LogP contribution in [0.5, 0.6) is 0 Å². The van der Waals surface area contributed by atoms with Crippen molar-refractivity contribution in [3.63, 3.8) is 0 Å². The van der Waals surface area contributed by atoms with Crippen LogP contribution in [0.25, 0.3) is 0 Å². The molecule has 0 unspecified atom stereocenters. The van der Waals surface area contributed by atoms with Crippen molar-refractivity contribution in [1.82, 2.24) is 9.97 Å². The molecule has 1 rings (SSSR count). The van der Waals surface area contributed by atoms with Crippen LogP contribution in [-0.4, -0.2) is 9.97 Å². The molecule has 66 valence electrons. The molecule has 1 aromatic heterocycles. The molecular weight excluding hydrogens is 162 g/mol. The van der Waals surface area contributed by atoms with Crippen LogP contribution in [0.1, 0.15) is 37.6 Å². The average Bonchev–Trinajstić information content (AvgIpc) is 2.04. The van der Waals surface area contributed by atoms with E-state index in [9.17, 15) is 8.78 Å². The van der Waals surface area contributed by atoms with Gasteiger partial charge < -0.3 is 0 Å². The number of rotatable bonds is 2. The molecule has 0 aliphatic heterocycles. The molecule has 1 heterocycles. The standard InChI is InChI=1S/C8H10F2N2/c1-5(2)6-3-12-7(4-11-6)8(9)10/h3-5,8H,1-2H3. The van der Waals surface area contributed by atoms with Crippen molar-refractivity contribution in [2.75, 3.05) is 0 Å². The Morgan fingerprint density at radius 2 is 1.58 bits per heavy atom. The van der Waals surface area contributed by atoms with E-state index < -0.39 is 6.43 Å². The number of halogens is 2. The Bertz CT molecular complexity index is 217. The molecule has 0 aliphatic rings. The molecule has 0 fully saturated rings. The van der Waals surface area contributed by atoms with Gasteiger partial charge in [0, 0.05) is 6.20 Å². The zero-order valence-electron chi connectivity index (χ0n) is 6.96. The lowest BCUT2D eigenvalue weighted by Crippen LogP contribution is -1.97. The molecule has 12 heavy (non-hydrogen) atoms. The van der Waals surface area contributed by atoms with Crippen molar-refractivity contribution in [3.05, 3.63) is 23.8 Å². The maximum atomic E-state index is 12.0. The molecule has 1 aromatic rings. The van der Waals surface area contributed by atoms with Crippen molar-refractivity contribution in [2.24, 2.45) is 0 Å². The van der Waals surface area contributed by atoms with Gasteiger partial charge in [-0.05, 0) is 5.92 Å². The van der Waals surface area contributed by atoms with Gasteiger partial charge in [0.2, 0.25) is 0 Å². The topological polar surface area (TPSA) is 25.8 Å². The number of aromatic nitrogens is 2. The largest absolute Gasteiger partial charge is 0.281 e. The summed E-state index contributed by atoms with van der Waals surface area (Å²) in [6.07, 6.45) is -0.00897. The first-order chi connectivity index (χ1) is 5.61. The van der Waals surface area contributed by atoms with Crippen LogP contribution in [0, 0.1) is 0 Å². The van der Waals surface area contributed by atoms with E-state index in [0.717, 1.165) is 11.9 Å². The maximum Gasteiger partial charge on any atom is 0.281 e. The molecule has 0 aromatic carbocycles. The summed E-state index contributed by atoms with van der Waals surface area (Å²) in [5.74, 6) is 0.226. The Hall–Kier alpha value is -1.06. The monoisotopic (exact) mass is 172 g/mol. The fourth-order valence-corrected chi connectivity index (χ4v) is 0.759. The van der Waals surface area contributed by atoms with Crippen LogP contribution in [0.4, 0.5) is 8.78 Å². The summed E-state index contributed by atoms with van der Waals surface area (Å²) >= 11 is 0. The highest BCUT2D eigenvalue weighted by molar-refractivity contribution is 5.06. The van der Waals surface area contributed by atoms with Crippen LogP contribution in [0.3, 0.4) is 0 Å². The summed E-state index contributed by atoms with van der Waals surface area (Å²) in [5, 5.41) is 0. The highest BCUT2D eigenvalue weighted by atomic mass is 19.3. The Balaban J connectivity index is 2.86. The van der Waals surface area contributed by atoms with Crippen LogP contribution in [0.2, 0.25) is 0 Å². The van der Waals surface area contributed by atoms with Gasteiger partial charge in [-0.15, -0.1) is 0 Å². The summed E-state index contributed by atoms with van der Waals surface area (Å²) < 4.78 is 24.0. The van der Waals surface area contributed by atoms with Gasteiger partial charge >= 0.3 is 0 Å². The Labute approximate surface area is 69.7 Å². The lowest BCUT2D eigenvalue weighted by atomic mass is 10.1. The van der Waals surface area contributed by atoms with E-state index in [1.165, 1.54) is 6.20 Å². The fraction of sp³-hybridized carbons (Fsp3) is 0.500. The molecule has 0 N–H and O–H groups in total. The number of nitrogens with zero attached hydrogens (tertiary/aromatic N) is 2. The van der Waals surface area contributed by atoms with Crippen LogP contribution < -0.4 is 0 Å². The van der Waals surface area contributed by atoms with Gasteiger partial charge in [0.1, 0.15) is 5.69 Å². The normalized spacial score (nSPS) is 11.2. The van der Waals surface area contributed by atoms with Gasteiger partial charge in [0.15, 0.2) is 0 Å². The van der Waals surface area contributed by atoms with Crippen molar-refractivity contribution in [1.29, 1.82) is 0 Å². The number of hydrogen-bond donors (Lipinski definition) is 0. The van der Waals surface area contributed by atoms with Gasteiger partial charge in [0.25, 0.3) is 6.43 Å². The maximum absolute atomic E-state index is 12.0. The summed E-state index contributed by atoms with van der Waals surface area (Å²) in [7, 11) is 0. The minimum Gasteiger partial charge on any atom is -0.257 e. The van der Waals surface area contributed by atoms with E-state index in [1.807, 2.05) is 13.8 Å². The van der Waals surface area contributed by atoms with Gasteiger partial charge in [-0.25, -0.2) is 8.78 Å². The van der Waals surface area contributed by atoms with E-state index in [2.05, 4.69) is 9.97 Å². The predicted octanol–water partition coefficient (Wildman–Crippen LogP) is 2.54. The minimum absolute atomic E-state index is 0.226. The first-order valence-electron chi connectivity index (χ1n) is 3.71. The fourth-order valence-electron chi connectivity index (χ4n) is 0.759. The van der Waals surface area contributed by atoms with Gasteiger partial charge in [-0.2, -0.15) is 0 Å². The summed E-state index contributed by atoms with van der Waals surface area (Å²) in [6, 6.07) is 0. The lowest BCUT2D eigenvalue weighted by molar-refractivity contribution is 0.145. The molecule has 4 heteroatoms. The SMILES string of the molecule is CC(C)c1cnc(C(F)F)cn1. The average molecular weight is 172 g/mol. The number of alkyl halides is 2. The van der Waals surface area contributed by atoms with Crippen LogP contribution in [-0.2, 0) is 0 Å². The third-order valence-corrected chi connectivity index (χ3v) is 1.51. The predicted molar refractivity (Wildman–Crippen MR) is 41.1 cm³/mol. The smallest absolute Gasteiger partial charge is 0.257 e. The highest BCUT2D eigenvalue weighted by Crippen LogP contribution is 2.16. The summed E-state index contributed by atoms with van der Waals surface area (Å²) in [6.45, 7) is 3.87. The van der Waals surface area contributed by atoms with Crippen LogP contribution in [0.15, 0.2) is 12.4 Å². The van der Waals surface area contributed by atoms with Crippen molar-refractivity contribution in [2.45, 2.75) is 26.2 Å². The van der Waals surface area contributed by atoms with E-state index in [1.54, 1.807) is 0 Å². The molecule has 2 nitrogen and oxygen atoms in total. The lowest BCUT2D eigenvalue weighted by Gasteiger charge is -2.03. The molecule has 0 aliphatic carbocycles. The van der Waals surface area contributed by atoms with Crippen molar-refractivity contribution < 1.29 is 8.78 Å². The van der Waals surface area contributed by atoms with Crippen molar-refractivity contribution in [3.8, 4) is 0 Å². The zero-order valence-corrected chi connectivity index (χ0v) is 6.96. The second-order valence-electron chi connectivity index (χ2n) is 2.82. The van der Waals surface area contributed by atoms with E-state index in [4.69, 9.17) is 0 Å². The Morgan fingerprint density at radius 1 is 1.08 bits per heavy atom. The second kappa shape index (κ2) is 3.56. The second-order valence-corrected chi connectivity index (χ2v) is 2.82. The van der Waals surface area contributed by atoms with E-state index in [-0.39, 0.29) is 11.6 Å².